The number of aryl methyl sites for hydroxylation is 2. The van der Waals surface area contributed by atoms with E-state index in [1.165, 1.54) is 10.3 Å². The first kappa shape index (κ1) is 21.3. The number of fused-ring (bicyclic) bond motifs is 1. The van der Waals surface area contributed by atoms with Gasteiger partial charge in [-0.25, -0.2) is 4.98 Å². The number of para-hydroxylation sites is 1. The highest BCUT2D eigenvalue weighted by Crippen LogP contribution is 2.32. The van der Waals surface area contributed by atoms with Crippen LogP contribution in [-0.4, -0.2) is 23.3 Å². The Hall–Kier alpha value is -3.51. The Labute approximate surface area is 197 Å². The van der Waals surface area contributed by atoms with Gasteiger partial charge in [0.05, 0.1) is 16.1 Å². The van der Waals surface area contributed by atoms with Crippen molar-refractivity contribution in [1.82, 2.24) is 4.98 Å². The van der Waals surface area contributed by atoms with Gasteiger partial charge in [-0.1, -0.05) is 31.2 Å². The van der Waals surface area contributed by atoms with Crippen LogP contribution in [0.25, 0.3) is 20.8 Å². The van der Waals surface area contributed by atoms with Crippen LogP contribution in [0.3, 0.4) is 0 Å². The lowest BCUT2D eigenvalue weighted by molar-refractivity contribution is -0.122. The summed E-state index contributed by atoms with van der Waals surface area (Å²) in [6.07, 6.45) is 1.07. The average Bonchev–Trinajstić information content (AvgIpc) is 3.42. The van der Waals surface area contributed by atoms with Crippen LogP contribution in [0.5, 0.6) is 0 Å². The molecule has 5 rings (SSSR count). The smallest absolute Gasteiger partial charge is 0.229 e. The Balaban J connectivity index is 1.27. The molecule has 6 heteroatoms. The molecule has 1 fully saturated rings. The Morgan fingerprint density at radius 2 is 1.91 bits per heavy atom. The fourth-order valence-electron chi connectivity index (χ4n) is 4.28. The van der Waals surface area contributed by atoms with Gasteiger partial charge in [0.15, 0.2) is 0 Å². The summed E-state index contributed by atoms with van der Waals surface area (Å²) < 4.78 is 1.17. The number of carbonyl (C=O) groups is 2. The molecular formula is C27H25N3O2S. The van der Waals surface area contributed by atoms with Crippen LogP contribution in [0.15, 0.2) is 66.7 Å². The summed E-state index contributed by atoms with van der Waals surface area (Å²) >= 11 is 1.66. The SMILES string of the molecule is CCc1ccccc1N1CC(C(=O)Nc2ccc(-c3nc4ccc(C)cc4s3)cc2)CC1=O. The standard InChI is InChI=1S/C27H25N3O2S/c1-3-18-6-4-5-7-23(18)30-16-20(15-25(30)31)26(32)28-21-11-9-19(10-12-21)27-29-22-13-8-17(2)14-24(22)33-27/h4-14,20H,3,15-16H2,1-2H3,(H,28,32). The molecule has 0 saturated carbocycles. The molecule has 3 aromatic carbocycles. The average molecular weight is 456 g/mol. The zero-order chi connectivity index (χ0) is 22.9. The predicted molar refractivity (Wildman–Crippen MR) is 135 cm³/mol. The number of amides is 2. The van der Waals surface area contributed by atoms with Gasteiger partial charge in [0, 0.05) is 29.9 Å². The molecule has 1 aliphatic rings. The van der Waals surface area contributed by atoms with Crippen molar-refractivity contribution in [3.63, 3.8) is 0 Å². The fourth-order valence-corrected chi connectivity index (χ4v) is 5.35. The van der Waals surface area contributed by atoms with Crippen molar-refractivity contribution in [2.24, 2.45) is 5.92 Å². The molecule has 2 heterocycles. The van der Waals surface area contributed by atoms with Crippen LogP contribution in [0.1, 0.15) is 24.5 Å². The highest BCUT2D eigenvalue weighted by atomic mass is 32.1. The van der Waals surface area contributed by atoms with Crippen molar-refractivity contribution in [1.29, 1.82) is 0 Å². The first-order valence-electron chi connectivity index (χ1n) is 11.2. The zero-order valence-electron chi connectivity index (χ0n) is 18.7. The van der Waals surface area contributed by atoms with Crippen molar-refractivity contribution in [2.45, 2.75) is 26.7 Å². The zero-order valence-corrected chi connectivity index (χ0v) is 19.5. The predicted octanol–water partition coefficient (Wildman–Crippen LogP) is 5.83. The molecule has 1 unspecified atom stereocenters. The lowest BCUT2D eigenvalue weighted by Gasteiger charge is -2.20. The second-order valence-electron chi connectivity index (χ2n) is 8.44. The maximum absolute atomic E-state index is 12.9. The highest BCUT2D eigenvalue weighted by molar-refractivity contribution is 7.21. The van der Waals surface area contributed by atoms with Crippen molar-refractivity contribution in [2.75, 3.05) is 16.8 Å². The molecule has 166 valence electrons. The number of hydrogen-bond acceptors (Lipinski definition) is 4. The third kappa shape index (κ3) is 4.26. The minimum Gasteiger partial charge on any atom is -0.326 e. The molecule has 1 saturated heterocycles. The Morgan fingerprint density at radius 1 is 1.12 bits per heavy atom. The topological polar surface area (TPSA) is 62.3 Å². The molecule has 0 radical (unpaired) electrons. The number of rotatable bonds is 5. The van der Waals surface area contributed by atoms with Crippen molar-refractivity contribution >= 4 is 44.7 Å². The molecule has 2 amide bonds. The molecule has 4 aromatic rings. The van der Waals surface area contributed by atoms with Gasteiger partial charge >= 0.3 is 0 Å². The summed E-state index contributed by atoms with van der Waals surface area (Å²) in [5, 5.41) is 3.94. The second-order valence-corrected chi connectivity index (χ2v) is 9.48. The number of nitrogens with zero attached hydrogens (tertiary/aromatic N) is 2. The monoisotopic (exact) mass is 455 g/mol. The Kier molecular flexibility index (Phi) is 5.68. The van der Waals surface area contributed by atoms with Gasteiger partial charge in [0.25, 0.3) is 0 Å². The van der Waals surface area contributed by atoms with Crippen LogP contribution < -0.4 is 10.2 Å². The van der Waals surface area contributed by atoms with Gasteiger partial charge in [-0.3, -0.25) is 9.59 Å². The molecule has 0 spiro atoms. The lowest BCUT2D eigenvalue weighted by Crippen LogP contribution is -2.28. The molecule has 5 nitrogen and oxygen atoms in total. The normalized spacial score (nSPS) is 15.9. The van der Waals surface area contributed by atoms with Crippen LogP contribution in [0.4, 0.5) is 11.4 Å². The number of aromatic nitrogens is 1. The summed E-state index contributed by atoms with van der Waals surface area (Å²) in [6, 6.07) is 21.9. The molecule has 1 N–H and O–H groups in total. The van der Waals surface area contributed by atoms with E-state index in [0.29, 0.717) is 6.54 Å². The quantitative estimate of drug-likeness (QED) is 0.412. The van der Waals surface area contributed by atoms with E-state index in [1.807, 2.05) is 54.6 Å². The van der Waals surface area contributed by atoms with Crippen molar-refractivity contribution in [3.05, 3.63) is 77.9 Å². The van der Waals surface area contributed by atoms with E-state index in [0.717, 1.165) is 39.4 Å². The summed E-state index contributed by atoms with van der Waals surface area (Å²) in [7, 11) is 0. The van der Waals surface area contributed by atoms with Gasteiger partial charge < -0.3 is 10.2 Å². The summed E-state index contributed by atoms with van der Waals surface area (Å²) in [6.45, 7) is 4.56. The molecular weight excluding hydrogens is 430 g/mol. The van der Waals surface area contributed by atoms with Crippen LogP contribution in [0, 0.1) is 12.8 Å². The second kappa shape index (κ2) is 8.79. The summed E-state index contributed by atoms with van der Waals surface area (Å²) in [5.41, 5.74) is 5.99. The maximum atomic E-state index is 12.9. The van der Waals surface area contributed by atoms with E-state index >= 15 is 0 Å². The number of carbonyl (C=O) groups excluding carboxylic acids is 2. The van der Waals surface area contributed by atoms with Crippen LogP contribution in [-0.2, 0) is 16.0 Å². The molecule has 1 atom stereocenters. The molecule has 1 aliphatic heterocycles. The third-order valence-corrected chi connectivity index (χ3v) is 7.17. The minimum atomic E-state index is -0.366. The van der Waals surface area contributed by atoms with Crippen LogP contribution >= 0.6 is 11.3 Å². The summed E-state index contributed by atoms with van der Waals surface area (Å²) in [4.78, 5) is 32.0. The molecule has 0 aliphatic carbocycles. The Morgan fingerprint density at radius 3 is 2.70 bits per heavy atom. The van der Waals surface area contributed by atoms with Gasteiger partial charge in [-0.05, 0) is 66.9 Å². The van der Waals surface area contributed by atoms with E-state index in [1.54, 1.807) is 16.2 Å². The van der Waals surface area contributed by atoms with Gasteiger partial charge in [0.2, 0.25) is 11.8 Å². The lowest BCUT2D eigenvalue weighted by atomic mass is 10.1. The first-order chi connectivity index (χ1) is 16.0. The van der Waals surface area contributed by atoms with Crippen LogP contribution in [0.2, 0.25) is 0 Å². The van der Waals surface area contributed by atoms with Crippen molar-refractivity contribution < 1.29 is 9.59 Å². The molecule has 0 bridgehead atoms. The van der Waals surface area contributed by atoms with Gasteiger partial charge in [-0.15, -0.1) is 11.3 Å². The minimum absolute atomic E-state index is 0.00234. The number of thiazole rings is 1. The maximum Gasteiger partial charge on any atom is 0.229 e. The third-order valence-electron chi connectivity index (χ3n) is 6.10. The van der Waals surface area contributed by atoms with E-state index in [2.05, 4.69) is 31.3 Å². The largest absolute Gasteiger partial charge is 0.326 e. The van der Waals surface area contributed by atoms with E-state index in [4.69, 9.17) is 4.98 Å². The first-order valence-corrected chi connectivity index (χ1v) is 12.0. The number of anilines is 2. The van der Waals surface area contributed by atoms with E-state index in [9.17, 15) is 9.59 Å². The number of nitrogens with one attached hydrogen (secondary N) is 1. The van der Waals surface area contributed by atoms with Gasteiger partial charge in [-0.2, -0.15) is 0 Å². The number of benzene rings is 3. The Bertz CT molecular complexity index is 1340. The van der Waals surface area contributed by atoms with E-state index in [-0.39, 0.29) is 24.2 Å². The summed E-state index contributed by atoms with van der Waals surface area (Å²) in [5.74, 6) is -0.491. The highest BCUT2D eigenvalue weighted by Gasteiger charge is 2.35. The fraction of sp³-hybridized carbons (Fsp3) is 0.222. The van der Waals surface area contributed by atoms with Gasteiger partial charge in [0.1, 0.15) is 5.01 Å². The molecule has 33 heavy (non-hydrogen) atoms. The molecule has 1 aromatic heterocycles. The number of hydrogen-bond donors (Lipinski definition) is 1. The van der Waals surface area contributed by atoms with Crippen molar-refractivity contribution in [3.8, 4) is 10.6 Å². The van der Waals surface area contributed by atoms with E-state index < -0.39 is 0 Å².